The molecule has 13 heteroatoms. The van der Waals surface area contributed by atoms with E-state index in [1.807, 2.05) is 85.7 Å². The Kier molecular flexibility index (Phi) is 18.8. The average molecular weight is 725 g/mol. The van der Waals surface area contributed by atoms with Crippen molar-refractivity contribution in [3.8, 4) is 0 Å². The van der Waals surface area contributed by atoms with Gasteiger partial charge in [0.2, 0.25) is 36.0 Å². The highest BCUT2D eigenvalue weighted by atomic mass is 16.5. The van der Waals surface area contributed by atoms with Crippen molar-refractivity contribution >= 4 is 29.5 Å². The number of hydrogen-bond acceptors (Lipinski definition) is 7. The molecule has 0 radical (unpaired) electrons. The van der Waals surface area contributed by atoms with E-state index in [0.717, 1.165) is 10.3 Å². The van der Waals surface area contributed by atoms with Crippen molar-refractivity contribution in [3.05, 3.63) is 66.0 Å². The molecule has 2 rings (SSSR count). The Bertz CT molecular complexity index is 1420. The number of rotatable bonds is 22. The van der Waals surface area contributed by atoms with Crippen LogP contribution in [0.4, 0.5) is 0 Å². The fraction of sp³-hybridized carbons (Fsp3) is 0.590. The van der Waals surface area contributed by atoms with Crippen LogP contribution in [0.5, 0.6) is 0 Å². The SMILES string of the molecule is CCNC(=O)[C@@H](NC(=O)[C@H](CC)NC[C@H](CC(C)C)NC(=O)[C@H](CCc1ccccc1)NC(=O)[C@H](CC(C)C)NC(=O)c1cc[n+](O)cc1)C(C)C. The first kappa shape index (κ1) is 43.6. The van der Waals surface area contributed by atoms with Gasteiger partial charge in [0, 0.05) is 36.0 Å². The molecule has 1 heterocycles. The first-order chi connectivity index (χ1) is 24.6. The van der Waals surface area contributed by atoms with Crippen LogP contribution in [0, 0.1) is 17.8 Å². The van der Waals surface area contributed by atoms with Gasteiger partial charge in [0.05, 0.1) is 11.6 Å². The van der Waals surface area contributed by atoms with Crippen molar-refractivity contribution in [2.45, 2.75) is 118 Å². The van der Waals surface area contributed by atoms with Gasteiger partial charge in [-0.05, 0) is 62.3 Å². The van der Waals surface area contributed by atoms with Gasteiger partial charge >= 0.3 is 0 Å². The van der Waals surface area contributed by atoms with Gasteiger partial charge in [-0.3, -0.25) is 29.2 Å². The van der Waals surface area contributed by atoms with Crippen LogP contribution >= 0.6 is 0 Å². The maximum atomic E-state index is 14.0. The zero-order valence-corrected chi connectivity index (χ0v) is 32.2. The summed E-state index contributed by atoms with van der Waals surface area (Å²) in [6.45, 7) is 16.2. The molecule has 13 nitrogen and oxygen atoms in total. The molecule has 5 atom stereocenters. The van der Waals surface area contributed by atoms with E-state index in [4.69, 9.17) is 0 Å². The molecule has 0 aliphatic heterocycles. The Balaban J connectivity index is 2.25. The van der Waals surface area contributed by atoms with Gasteiger partial charge in [0.25, 0.3) is 5.91 Å². The zero-order valence-electron chi connectivity index (χ0n) is 32.2. The van der Waals surface area contributed by atoms with E-state index in [1.165, 1.54) is 24.5 Å². The maximum absolute atomic E-state index is 14.0. The van der Waals surface area contributed by atoms with Gasteiger partial charge in [0.1, 0.15) is 18.1 Å². The largest absolute Gasteiger partial charge is 0.355 e. The van der Waals surface area contributed by atoms with E-state index in [1.54, 1.807) is 0 Å². The van der Waals surface area contributed by atoms with Crippen LogP contribution in [0.15, 0.2) is 54.9 Å². The summed E-state index contributed by atoms with van der Waals surface area (Å²) in [6.07, 6.45) is 4.91. The van der Waals surface area contributed by atoms with Crippen LogP contribution in [0.25, 0.3) is 0 Å². The lowest BCUT2D eigenvalue weighted by Crippen LogP contribution is -2.58. The summed E-state index contributed by atoms with van der Waals surface area (Å²) in [4.78, 5) is 66.8. The van der Waals surface area contributed by atoms with Gasteiger partial charge < -0.3 is 31.9 Å². The minimum atomic E-state index is -0.910. The third-order valence-corrected chi connectivity index (χ3v) is 8.64. The quantitative estimate of drug-likeness (QED) is 0.0720. The first-order valence-corrected chi connectivity index (χ1v) is 18.6. The Labute approximate surface area is 309 Å². The normalized spacial score (nSPS) is 14.2. The second-order valence-electron chi connectivity index (χ2n) is 14.5. The van der Waals surface area contributed by atoms with Gasteiger partial charge in [-0.25, -0.2) is 0 Å². The van der Waals surface area contributed by atoms with Crippen LogP contribution in [0.1, 0.15) is 97.0 Å². The smallest absolute Gasteiger partial charge is 0.252 e. The monoisotopic (exact) mass is 724 g/mol. The van der Waals surface area contributed by atoms with Crippen molar-refractivity contribution in [2.24, 2.45) is 17.8 Å². The van der Waals surface area contributed by atoms with Gasteiger partial charge in [-0.2, -0.15) is 0 Å². The third kappa shape index (κ3) is 15.4. The number of carbonyl (C=O) groups is 5. The molecule has 0 saturated carbocycles. The van der Waals surface area contributed by atoms with Gasteiger partial charge in [-0.15, -0.1) is 0 Å². The fourth-order valence-corrected chi connectivity index (χ4v) is 5.86. The lowest BCUT2D eigenvalue weighted by molar-refractivity contribution is -0.904. The number of aromatic nitrogens is 1. The first-order valence-electron chi connectivity index (χ1n) is 18.6. The van der Waals surface area contributed by atoms with E-state index >= 15 is 0 Å². The molecule has 2 aromatic rings. The molecule has 0 fully saturated rings. The Morgan fingerprint density at radius 1 is 0.692 bits per heavy atom. The molecule has 0 saturated heterocycles. The number of benzene rings is 1. The minimum Gasteiger partial charge on any atom is -0.355 e. The van der Waals surface area contributed by atoms with E-state index in [0.29, 0.717) is 45.2 Å². The van der Waals surface area contributed by atoms with Crippen molar-refractivity contribution in [3.63, 3.8) is 0 Å². The topological polar surface area (TPSA) is 182 Å². The minimum absolute atomic E-state index is 0.0603. The molecule has 0 aliphatic carbocycles. The van der Waals surface area contributed by atoms with Crippen molar-refractivity contribution in [1.29, 1.82) is 0 Å². The van der Waals surface area contributed by atoms with Crippen LogP contribution in [0.2, 0.25) is 0 Å². The van der Waals surface area contributed by atoms with E-state index < -0.39 is 36.0 Å². The van der Waals surface area contributed by atoms with E-state index in [2.05, 4.69) is 31.9 Å². The summed E-state index contributed by atoms with van der Waals surface area (Å²) >= 11 is 0. The molecule has 1 aromatic heterocycles. The van der Waals surface area contributed by atoms with Crippen LogP contribution < -0.4 is 36.6 Å². The molecule has 0 aliphatic rings. The number of nitrogens with one attached hydrogen (secondary N) is 6. The summed E-state index contributed by atoms with van der Waals surface area (Å²) in [7, 11) is 0. The molecule has 1 aromatic carbocycles. The Hall–Kier alpha value is -4.52. The molecule has 52 heavy (non-hydrogen) atoms. The molecule has 7 N–H and O–H groups in total. The number of amides is 5. The van der Waals surface area contributed by atoms with Gasteiger partial charge in [-0.1, -0.05) is 78.8 Å². The molecule has 5 amide bonds. The van der Waals surface area contributed by atoms with Gasteiger partial charge in [0.15, 0.2) is 0 Å². The second-order valence-corrected chi connectivity index (χ2v) is 14.5. The second kappa shape index (κ2) is 22.4. The van der Waals surface area contributed by atoms with Crippen LogP contribution in [0.3, 0.4) is 0 Å². The Morgan fingerprint density at radius 2 is 1.29 bits per heavy atom. The zero-order chi connectivity index (χ0) is 38.8. The average Bonchev–Trinajstić information content (AvgIpc) is 3.08. The Morgan fingerprint density at radius 3 is 1.85 bits per heavy atom. The van der Waals surface area contributed by atoms with E-state index in [-0.39, 0.29) is 47.1 Å². The predicted octanol–water partition coefficient (Wildman–Crippen LogP) is 2.65. The number of aryl methyl sites for hydroxylation is 1. The number of nitrogens with zero attached hydrogens (tertiary/aromatic N) is 1. The molecular formula is C39H62N7O6+. The highest BCUT2D eigenvalue weighted by Gasteiger charge is 2.31. The van der Waals surface area contributed by atoms with Crippen LogP contribution in [-0.2, 0) is 25.6 Å². The lowest BCUT2D eigenvalue weighted by atomic mass is 9.99. The number of carbonyl (C=O) groups excluding carboxylic acids is 5. The number of likely N-dealkylation sites (N-methyl/N-ethyl adjacent to an activating group) is 1. The summed E-state index contributed by atoms with van der Waals surface area (Å²) < 4.78 is 0.820. The maximum Gasteiger partial charge on any atom is 0.252 e. The number of pyridine rings is 1. The summed E-state index contributed by atoms with van der Waals surface area (Å²) in [6, 6.07) is 9.11. The summed E-state index contributed by atoms with van der Waals surface area (Å²) in [5.41, 5.74) is 1.29. The molecule has 0 spiro atoms. The summed E-state index contributed by atoms with van der Waals surface area (Å²) in [5, 5.41) is 27.4. The van der Waals surface area contributed by atoms with Crippen molar-refractivity contribution in [1.82, 2.24) is 31.9 Å². The predicted molar refractivity (Wildman–Crippen MR) is 200 cm³/mol. The molecule has 288 valence electrons. The number of hydrogen-bond donors (Lipinski definition) is 7. The standard InChI is InChI=1S/C39H61N7O6/c1-9-31(36(48)45-34(27(7)8)39(51)40-10-2)41-24-30(22-25(3)4)42-37(49)32(17-16-28-14-12-11-13-15-28)43-38(50)33(23-26(5)6)44-35(47)29-18-20-46(52)21-19-29/h11-15,18-21,25-27,30-34,41H,9-10,16-17,22-24H2,1-8H3,(H5-,40,42,43,44,45,47,48,49,50,51,52)/p+1/t30-,31-,32-,33-,34-/m0/s1. The molecule has 0 bridgehead atoms. The summed E-state index contributed by atoms with van der Waals surface area (Å²) in [5.74, 6) is -1.68. The highest BCUT2D eigenvalue weighted by Crippen LogP contribution is 2.12. The molecular weight excluding hydrogens is 662 g/mol. The highest BCUT2D eigenvalue weighted by molar-refractivity contribution is 5.98. The third-order valence-electron chi connectivity index (χ3n) is 8.64. The molecule has 0 unspecified atom stereocenters. The fourth-order valence-electron chi connectivity index (χ4n) is 5.86. The van der Waals surface area contributed by atoms with Crippen molar-refractivity contribution < 1.29 is 33.9 Å². The van der Waals surface area contributed by atoms with E-state index in [9.17, 15) is 29.2 Å². The lowest BCUT2D eigenvalue weighted by Gasteiger charge is -2.29. The van der Waals surface area contributed by atoms with Crippen LogP contribution in [-0.4, -0.2) is 78.0 Å². The van der Waals surface area contributed by atoms with Crippen molar-refractivity contribution in [2.75, 3.05) is 13.1 Å².